The fourth-order valence-corrected chi connectivity index (χ4v) is 3.49. The number of aromatic hydroxyl groups is 1. The number of likely N-dealkylation sites (N-methyl/N-ethyl adjacent to an activating group) is 1. The Morgan fingerprint density at radius 1 is 1.42 bits per heavy atom. The van der Waals surface area contributed by atoms with E-state index in [0.717, 1.165) is 23.6 Å². The van der Waals surface area contributed by atoms with Crippen LogP contribution in [0.3, 0.4) is 0 Å². The maximum atomic E-state index is 11.4. The molecular formula is C19H28N6O11S2. The number of aliphatic hydroxyl groups excluding tert-OH is 1. The zero-order valence-electron chi connectivity index (χ0n) is 20.6. The molecule has 2 atom stereocenters. The number of nitrogens with one attached hydrogen (secondary N) is 1. The van der Waals surface area contributed by atoms with Gasteiger partial charge in [0.05, 0.1) is 18.3 Å². The van der Waals surface area contributed by atoms with E-state index in [2.05, 4.69) is 19.7 Å². The van der Waals surface area contributed by atoms with Crippen molar-refractivity contribution in [2.24, 2.45) is 5.16 Å². The van der Waals surface area contributed by atoms with E-state index in [-0.39, 0.29) is 34.7 Å². The van der Waals surface area contributed by atoms with Crippen LogP contribution in [0.5, 0.6) is 5.75 Å². The SMILES string of the molecule is CNC(C)C(C)(C)N(C=O)OS(=O)(=O)O.Nc1nc(/C(C=O)=N/OC(CO)c2cc(=O)c(O)cn2O)cs1. The minimum absolute atomic E-state index is 0.165. The van der Waals surface area contributed by atoms with E-state index in [0.29, 0.717) is 16.1 Å². The summed E-state index contributed by atoms with van der Waals surface area (Å²) in [7, 11) is -3.04. The molecule has 0 spiro atoms. The highest BCUT2D eigenvalue weighted by Crippen LogP contribution is 2.19. The molecule has 0 fully saturated rings. The third-order valence-corrected chi connectivity index (χ3v) is 6.06. The van der Waals surface area contributed by atoms with Crippen LogP contribution in [0.1, 0.15) is 38.3 Å². The molecule has 0 radical (unpaired) electrons. The van der Waals surface area contributed by atoms with Crippen molar-refractivity contribution in [2.75, 3.05) is 19.4 Å². The molecule has 2 aromatic rings. The van der Waals surface area contributed by atoms with Gasteiger partial charge < -0.3 is 31.3 Å². The Morgan fingerprint density at radius 2 is 2.05 bits per heavy atom. The molecular weight excluding hydrogens is 552 g/mol. The van der Waals surface area contributed by atoms with Crippen LogP contribution < -0.4 is 16.5 Å². The summed E-state index contributed by atoms with van der Waals surface area (Å²) in [6, 6.07) is 0.636. The van der Waals surface area contributed by atoms with Gasteiger partial charge in [-0.2, -0.15) is 18.2 Å². The van der Waals surface area contributed by atoms with E-state index in [9.17, 15) is 38.2 Å². The van der Waals surface area contributed by atoms with Gasteiger partial charge in [0.15, 0.2) is 29.0 Å². The quantitative estimate of drug-likeness (QED) is 0.0582. The minimum atomic E-state index is -4.69. The molecule has 0 aliphatic carbocycles. The molecule has 0 saturated carbocycles. The molecule has 19 heteroatoms. The molecule has 2 rings (SSSR count). The van der Waals surface area contributed by atoms with E-state index < -0.39 is 39.8 Å². The highest BCUT2D eigenvalue weighted by atomic mass is 32.3. The molecule has 212 valence electrons. The Balaban J connectivity index is 0.000000420. The van der Waals surface area contributed by atoms with E-state index in [4.69, 9.17) is 15.1 Å². The van der Waals surface area contributed by atoms with Crippen LogP contribution in [-0.2, 0) is 29.1 Å². The second-order valence-electron chi connectivity index (χ2n) is 7.83. The molecule has 2 heterocycles. The number of aromatic nitrogens is 2. The number of hydroxylamine groups is 2. The van der Waals surface area contributed by atoms with Crippen molar-refractivity contribution in [2.45, 2.75) is 38.5 Å². The summed E-state index contributed by atoms with van der Waals surface area (Å²) in [4.78, 5) is 41.9. The molecule has 17 nitrogen and oxygen atoms in total. The topological polar surface area (TPSA) is 256 Å². The van der Waals surface area contributed by atoms with Gasteiger partial charge in [0, 0.05) is 17.5 Å². The molecule has 0 saturated heterocycles. The van der Waals surface area contributed by atoms with Gasteiger partial charge in [-0.05, 0) is 27.8 Å². The van der Waals surface area contributed by atoms with Crippen molar-refractivity contribution in [3.63, 3.8) is 0 Å². The number of aliphatic hydroxyl groups is 1. The Kier molecular flexibility index (Phi) is 11.8. The van der Waals surface area contributed by atoms with Crippen LogP contribution in [0, 0.1) is 0 Å². The maximum absolute atomic E-state index is 11.4. The van der Waals surface area contributed by atoms with Crippen LogP contribution >= 0.6 is 11.3 Å². The van der Waals surface area contributed by atoms with Crippen molar-refractivity contribution in [3.8, 4) is 5.75 Å². The number of thiazole rings is 1. The van der Waals surface area contributed by atoms with Crippen LogP contribution in [-0.4, -0.2) is 86.8 Å². The molecule has 0 aliphatic rings. The first-order chi connectivity index (χ1) is 17.6. The molecule has 7 N–H and O–H groups in total. The van der Waals surface area contributed by atoms with Crippen molar-refractivity contribution in [1.82, 2.24) is 20.1 Å². The lowest BCUT2D eigenvalue weighted by atomic mass is 9.96. The number of rotatable bonds is 12. The largest absolute Gasteiger partial charge is 0.503 e. The zero-order valence-corrected chi connectivity index (χ0v) is 22.2. The standard InChI is InChI=1S/C12H12N4O6S.C7H16N2O5S/c13-12-14-7(5-23-12)6(3-17)15-22-11(4-18)8-1-9(19)10(20)2-16(8)21;1-6(8-4)7(2,3)9(5-10)14-15(11,12)13/h1-3,5,11,18,20-21H,4H2,(H2,13,14);5-6,8H,1-4H3,(H,11,12,13)/b15-6+;. The molecule has 38 heavy (non-hydrogen) atoms. The third kappa shape index (κ3) is 9.04. The predicted molar refractivity (Wildman–Crippen MR) is 133 cm³/mol. The lowest BCUT2D eigenvalue weighted by Crippen LogP contribution is -2.55. The van der Waals surface area contributed by atoms with Gasteiger partial charge in [0.1, 0.15) is 11.4 Å². The number of nitrogens with zero attached hydrogens (tertiary/aromatic N) is 4. The minimum Gasteiger partial charge on any atom is -0.503 e. The fraction of sp³-hybridized carbons (Fsp3) is 0.421. The number of anilines is 1. The maximum Gasteiger partial charge on any atom is 0.418 e. The van der Waals surface area contributed by atoms with Crippen LogP contribution in [0.15, 0.2) is 27.6 Å². The Hall–Kier alpha value is -3.62. The molecule has 0 bridgehead atoms. The number of oxime groups is 1. The monoisotopic (exact) mass is 580 g/mol. The number of nitrogen functional groups attached to an aromatic ring is 1. The van der Waals surface area contributed by atoms with E-state index in [1.807, 2.05) is 0 Å². The van der Waals surface area contributed by atoms with Gasteiger partial charge in [0.2, 0.25) is 11.8 Å². The predicted octanol–water partition coefficient (Wildman–Crippen LogP) is -0.951. The first-order valence-corrected chi connectivity index (χ1v) is 12.6. The normalized spacial score (nSPS) is 13.6. The Labute approximate surface area is 220 Å². The summed E-state index contributed by atoms with van der Waals surface area (Å²) in [5.41, 5.74) is 3.60. The first-order valence-electron chi connectivity index (χ1n) is 10.4. The van der Waals surface area contributed by atoms with Crippen LogP contribution in [0.2, 0.25) is 0 Å². The smallest absolute Gasteiger partial charge is 0.418 e. The Morgan fingerprint density at radius 3 is 2.50 bits per heavy atom. The number of carbonyl (C=O) groups excluding carboxylic acids is 2. The summed E-state index contributed by atoms with van der Waals surface area (Å²) < 4.78 is 33.9. The van der Waals surface area contributed by atoms with Gasteiger partial charge in [0.25, 0.3) is 0 Å². The number of aldehydes is 1. The third-order valence-electron chi connectivity index (χ3n) is 5.04. The lowest BCUT2D eigenvalue weighted by Gasteiger charge is -2.37. The number of amides is 1. The summed E-state index contributed by atoms with van der Waals surface area (Å²) in [6.07, 6.45) is 0.0713. The van der Waals surface area contributed by atoms with Crippen LogP contribution in [0.4, 0.5) is 5.13 Å². The molecule has 0 aliphatic heterocycles. The molecule has 1 amide bonds. The summed E-state index contributed by atoms with van der Waals surface area (Å²) in [5.74, 6) is -0.678. The lowest BCUT2D eigenvalue weighted by molar-refractivity contribution is -0.166. The number of nitrogens with two attached hydrogens (primary N) is 1. The van der Waals surface area contributed by atoms with Crippen molar-refractivity contribution < 1.29 is 47.1 Å². The average Bonchev–Trinajstić information content (AvgIpc) is 3.28. The first kappa shape index (κ1) is 32.4. The van der Waals surface area contributed by atoms with Gasteiger partial charge in [-0.15, -0.1) is 15.6 Å². The number of hydrogen-bond acceptors (Lipinski definition) is 15. The van der Waals surface area contributed by atoms with E-state index in [1.165, 1.54) is 5.38 Å². The molecule has 0 aromatic carbocycles. The summed E-state index contributed by atoms with van der Waals surface area (Å²) in [5, 5.41) is 36.8. The summed E-state index contributed by atoms with van der Waals surface area (Å²) in [6.45, 7) is 4.27. The van der Waals surface area contributed by atoms with Crippen LogP contribution in [0.25, 0.3) is 0 Å². The van der Waals surface area contributed by atoms with Crippen molar-refractivity contribution in [3.05, 3.63) is 39.3 Å². The van der Waals surface area contributed by atoms with Crippen molar-refractivity contribution >= 4 is 45.3 Å². The summed E-state index contributed by atoms with van der Waals surface area (Å²) >= 11 is 1.10. The average molecular weight is 581 g/mol. The van der Waals surface area contributed by atoms with E-state index >= 15 is 0 Å². The second-order valence-corrected chi connectivity index (χ2v) is 9.73. The van der Waals surface area contributed by atoms with Gasteiger partial charge in [-0.25, -0.2) is 4.98 Å². The number of hydrogen-bond donors (Lipinski definition) is 6. The molecule has 2 unspecified atom stereocenters. The van der Waals surface area contributed by atoms with Gasteiger partial charge in [-0.1, -0.05) is 5.16 Å². The van der Waals surface area contributed by atoms with Gasteiger partial charge >= 0.3 is 10.4 Å². The molecule has 2 aromatic heterocycles. The van der Waals surface area contributed by atoms with E-state index in [1.54, 1.807) is 27.8 Å². The highest BCUT2D eigenvalue weighted by Gasteiger charge is 2.35. The zero-order chi connectivity index (χ0) is 29.3. The van der Waals surface area contributed by atoms with Gasteiger partial charge in [-0.3, -0.25) is 18.9 Å². The highest BCUT2D eigenvalue weighted by molar-refractivity contribution is 7.80. The number of pyridine rings is 1. The Bertz CT molecular complexity index is 1290. The fourth-order valence-electron chi connectivity index (χ4n) is 2.50. The second kappa shape index (κ2) is 13.8. The van der Waals surface area contributed by atoms with Crippen molar-refractivity contribution in [1.29, 1.82) is 0 Å². The number of carbonyl (C=O) groups is 2.